The number of benzene rings is 1. The number of nitrogens with zero attached hydrogens (tertiary/aromatic N) is 2. The Morgan fingerprint density at radius 2 is 1.96 bits per heavy atom. The van der Waals surface area contributed by atoms with E-state index in [0.29, 0.717) is 5.69 Å². The molecule has 7 heteroatoms. The minimum Gasteiger partial charge on any atom is -0.348 e. The molecule has 0 spiro atoms. The lowest BCUT2D eigenvalue weighted by atomic mass is 9.95. The summed E-state index contributed by atoms with van der Waals surface area (Å²) in [6.45, 7) is 1.99. The number of thiazole rings is 1. The van der Waals surface area contributed by atoms with Crippen molar-refractivity contribution in [1.29, 1.82) is 0 Å². The van der Waals surface area contributed by atoms with Crippen LogP contribution >= 0.6 is 33.9 Å². The summed E-state index contributed by atoms with van der Waals surface area (Å²) in [5.74, 6) is -0.0931. The molecule has 140 valence electrons. The van der Waals surface area contributed by atoms with E-state index in [1.54, 1.807) is 11.3 Å². The number of aryl methyl sites for hydroxylation is 1. The van der Waals surface area contributed by atoms with E-state index in [-0.39, 0.29) is 11.9 Å². The zero-order chi connectivity index (χ0) is 18.8. The van der Waals surface area contributed by atoms with Gasteiger partial charge in [-0.15, -0.1) is 11.3 Å². The van der Waals surface area contributed by atoms with E-state index in [2.05, 4.69) is 62.4 Å². The number of rotatable bonds is 4. The van der Waals surface area contributed by atoms with Crippen molar-refractivity contribution >= 4 is 39.8 Å². The van der Waals surface area contributed by atoms with Crippen LogP contribution in [-0.4, -0.2) is 27.1 Å². The molecular formula is C20H21IN4OS. The van der Waals surface area contributed by atoms with E-state index in [0.717, 1.165) is 39.7 Å². The van der Waals surface area contributed by atoms with Crippen molar-refractivity contribution in [1.82, 2.24) is 20.5 Å². The van der Waals surface area contributed by atoms with Gasteiger partial charge in [-0.1, -0.05) is 31.4 Å². The Morgan fingerprint density at radius 1 is 1.22 bits per heavy atom. The summed E-state index contributed by atoms with van der Waals surface area (Å²) in [5.41, 5.74) is 3.33. The van der Waals surface area contributed by atoms with Crippen LogP contribution in [0.1, 0.15) is 48.3 Å². The van der Waals surface area contributed by atoms with Crippen molar-refractivity contribution in [3.05, 3.63) is 45.3 Å². The molecule has 0 bridgehead atoms. The first-order valence-electron chi connectivity index (χ1n) is 9.20. The van der Waals surface area contributed by atoms with E-state index >= 15 is 0 Å². The molecular weight excluding hydrogens is 471 g/mol. The third-order valence-electron chi connectivity index (χ3n) is 4.88. The molecule has 0 aliphatic heterocycles. The number of carbonyl (C=O) groups is 1. The molecule has 27 heavy (non-hydrogen) atoms. The molecule has 4 rings (SSSR count). The Kier molecular flexibility index (Phi) is 5.58. The number of hydrogen-bond acceptors (Lipinski definition) is 4. The standard InChI is InChI=1S/C20H21IN4OS/c1-12-18(27-20(22-12)13-7-9-14(21)10-8-13)16-11-17(25-24-16)19(26)23-15-5-3-2-4-6-15/h7-11,15H,2-6H2,1H3,(H,23,26)(H,24,25). The predicted octanol–water partition coefficient (Wildman–Crippen LogP) is 5.18. The van der Waals surface area contributed by atoms with Crippen molar-refractivity contribution in [2.24, 2.45) is 0 Å². The summed E-state index contributed by atoms with van der Waals surface area (Å²) in [6.07, 6.45) is 5.79. The first-order valence-corrected chi connectivity index (χ1v) is 11.1. The zero-order valence-corrected chi connectivity index (χ0v) is 18.1. The summed E-state index contributed by atoms with van der Waals surface area (Å²) in [5, 5.41) is 11.3. The van der Waals surface area contributed by atoms with Crippen LogP contribution in [0.15, 0.2) is 30.3 Å². The molecule has 1 saturated carbocycles. The van der Waals surface area contributed by atoms with Gasteiger partial charge in [-0.2, -0.15) is 5.10 Å². The third-order valence-corrected chi connectivity index (χ3v) is 6.84. The van der Waals surface area contributed by atoms with E-state index in [4.69, 9.17) is 4.98 Å². The monoisotopic (exact) mass is 492 g/mol. The summed E-state index contributed by atoms with van der Waals surface area (Å²) < 4.78 is 1.20. The van der Waals surface area contributed by atoms with E-state index in [1.807, 2.05) is 13.0 Å². The van der Waals surface area contributed by atoms with Gasteiger partial charge in [0.1, 0.15) is 5.01 Å². The summed E-state index contributed by atoms with van der Waals surface area (Å²) in [6, 6.07) is 10.4. The van der Waals surface area contributed by atoms with E-state index < -0.39 is 0 Å². The van der Waals surface area contributed by atoms with E-state index in [1.165, 1.54) is 22.8 Å². The van der Waals surface area contributed by atoms with Gasteiger partial charge in [-0.05, 0) is 60.6 Å². The Hall–Kier alpha value is -1.74. The summed E-state index contributed by atoms with van der Waals surface area (Å²) in [4.78, 5) is 18.2. The molecule has 1 aliphatic carbocycles. The van der Waals surface area contributed by atoms with Crippen LogP contribution in [0.3, 0.4) is 0 Å². The Labute approximate surface area is 176 Å². The number of hydrogen-bond donors (Lipinski definition) is 2. The van der Waals surface area contributed by atoms with Gasteiger partial charge in [0.2, 0.25) is 0 Å². The Morgan fingerprint density at radius 3 is 2.70 bits per heavy atom. The normalized spacial score (nSPS) is 15.0. The number of nitrogens with one attached hydrogen (secondary N) is 2. The first kappa shape index (κ1) is 18.6. The highest BCUT2D eigenvalue weighted by Gasteiger charge is 2.20. The molecule has 2 aromatic heterocycles. The maximum absolute atomic E-state index is 12.5. The highest BCUT2D eigenvalue weighted by molar-refractivity contribution is 14.1. The predicted molar refractivity (Wildman–Crippen MR) is 117 cm³/mol. The largest absolute Gasteiger partial charge is 0.348 e. The molecule has 5 nitrogen and oxygen atoms in total. The van der Waals surface area contributed by atoms with Crippen molar-refractivity contribution in [2.75, 3.05) is 0 Å². The number of amides is 1. The smallest absolute Gasteiger partial charge is 0.272 e. The molecule has 1 aliphatic rings. The minimum atomic E-state index is -0.0931. The van der Waals surface area contributed by atoms with Gasteiger partial charge in [0.15, 0.2) is 5.69 Å². The maximum Gasteiger partial charge on any atom is 0.272 e. The zero-order valence-electron chi connectivity index (χ0n) is 15.1. The van der Waals surface area contributed by atoms with Crippen LogP contribution in [0.2, 0.25) is 0 Å². The first-order chi connectivity index (χ1) is 13.1. The molecule has 2 heterocycles. The molecule has 3 aromatic rings. The van der Waals surface area contributed by atoms with Crippen molar-refractivity contribution in [2.45, 2.75) is 45.1 Å². The molecule has 0 saturated heterocycles. The van der Waals surface area contributed by atoms with Crippen LogP contribution in [0.5, 0.6) is 0 Å². The fourth-order valence-corrected chi connectivity index (χ4v) is 4.82. The quantitative estimate of drug-likeness (QED) is 0.494. The SMILES string of the molecule is Cc1nc(-c2ccc(I)cc2)sc1-c1cc(C(=O)NC2CCCCC2)n[nH]1. The Bertz CT molecular complexity index is 941. The van der Waals surface area contributed by atoms with Gasteiger partial charge in [-0.3, -0.25) is 9.89 Å². The lowest BCUT2D eigenvalue weighted by Crippen LogP contribution is -2.36. The number of halogens is 1. The van der Waals surface area contributed by atoms with Crippen LogP contribution in [0.25, 0.3) is 21.1 Å². The maximum atomic E-state index is 12.5. The van der Waals surface area contributed by atoms with E-state index in [9.17, 15) is 4.79 Å². The van der Waals surface area contributed by atoms with Crippen molar-refractivity contribution < 1.29 is 4.79 Å². The summed E-state index contributed by atoms with van der Waals surface area (Å²) >= 11 is 3.91. The van der Waals surface area contributed by atoms with Crippen LogP contribution < -0.4 is 5.32 Å². The van der Waals surface area contributed by atoms with Crippen molar-refractivity contribution in [3.8, 4) is 21.1 Å². The number of H-pyrrole nitrogens is 1. The highest BCUT2D eigenvalue weighted by atomic mass is 127. The van der Waals surface area contributed by atoms with Gasteiger partial charge >= 0.3 is 0 Å². The van der Waals surface area contributed by atoms with Gasteiger partial charge in [0.05, 0.1) is 16.3 Å². The third kappa shape index (κ3) is 4.24. The second kappa shape index (κ2) is 8.10. The van der Waals surface area contributed by atoms with Crippen LogP contribution in [0.4, 0.5) is 0 Å². The number of aromatic nitrogens is 3. The van der Waals surface area contributed by atoms with Gasteiger partial charge in [0.25, 0.3) is 5.91 Å². The average molecular weight is 492 g/mol. The molecule has 0 unspecified atom stereocenters. The van der Waals surface area contributed by atoms with Crippen LogP contribution in [-0.2, 0) is 0 Å². The van der Waals surface area contributed by atoms with Gasteiger partial charge in [-0.25, -0.2) is 4.98 Å². The van der Waals surface area contributed by atoms with Crippen LogP contribution in [0, 0.1) is 10.5 Å². The lowest BCUT2D eigenvalue weighted by molar-refractivity contribution is 0.0922. The minimum absolute atomic E-state index is 0.0931. The number of aromatic amines is 1. The molecule has 2 N–H and O–H groups in total. The summed E-state index contributed by atoms with van der Waals surface area (Å²) in [7, 11) is 0. The molecule has 0 atom stereocenters. The topological polar surface area (TPSA) is 70.7 Å². The molecule has 1 amide bonds. The second-order valence-corrected chi connectivity index (χ2v) is 9.16. The lowest BCUT2D eigenvalue weighted by Gasteiger charge is -2.22. The average Bonchev–Trinajstić information content (AvgIpc) is 3.30. The number of carbonyl (C=O) groups excluding carboxylic acids is 1. The van der Waals surface area contributed by atoms with Crippen molar-refractivity contribution in [3.63, 3.8) is 0 Å². The second-order valence-electron chi connectivity index (χ2n) is 6.92. The van der Waals surface area contributed by atoms with Gasteiger partial charge in [0, 0.05) is 15.2 Å². The molecule has 0 radical (unpaired) electrons. The Balaban J connectivity index is 1.52. The highest BCUT2D eigenvalue weighted by Crippen LogP contribution is 2.34. The fraction of sp³-hybridized carbons (Fsp3) is 0.350. The molecule has 1 fully saturated rings. The molecule has 1 aromatic carbocycles. The fourth-order valence-electron chi connectivity index (χ4n) is 3.42. The van der Waals surface area contributed by atoms with Gasteiger partial charge < -0.3 is 5.32 Å².